The molecule has 0 heterocycles. The molecule has 1 N–H and O–H groups in total. The second-order valence-corrected chi connectivity index (χ2v) is 6.60. The summed E-state index contributed by atoms with van der Waals surface area (Å²) < 4.78 is 0. The fourth-order valence-electron chi connectivity index (χ4n) is 2.64. The molecule has 1 unspecified atom stereocenters. The van der Waals surface area contributed by atoms with E-state index in [2.05, 4.69) is 62.5 Å². The van der Waals surface area contributed by atoms with Gasteiger partial charge in [-0.2, -0.15) is 0 Å². The summed E-state index contributed by atoms with van der Waals surface area (Å²) in [6, 6.07) is 16.5. The topological polar surface area (TPSA) is 29.1 Å². The Hall–Kier alpha value is -2.09. The van der Waals surface area contributed by atoms with Gasteiger partial charge in [-0.05, 0) is 54.5 Å². The van der Waals surface area contributed by atoms with E-state index in [1.54, 1.807) is 0 Å². The van der Waals surface area contributed by atoms with Crippen molar-refractivity contribution in [3.63, 3.8) is 0 Å². The Morgan fingerprint density at radius 3 is 2.00 bits per heavy atom. The third-order valence-corrected chi connectivity index (χ3v) is 4.15. The van der Waals surface area contributed by atoms with E-state index in [4.69, 9.17) is 0 Å². The molecular weight excluding hydrogens is 282 g/mol. The molecule has 2 nitrogen and oxygen atoms in total. The number of hydrogen-bond donors (Lipinski definition) is 1. The number of rotatable bonds is 6. The molecule has 0 aliphatic rings. The van der Waals surface area contributed by atoms with Crippen molar-refractivity contribution in [3.8, 4) is 0 Å². The van der Waals surface area contributed by atoms with Crippen molar-refractivity contribution in [2.45, 2.75) is 46.5 Å². The zero-order valence-electron chi connectivity index (χ0n) is 14.6. The number of aryl methyl sites for hydroxylation is 1. The highest BCUT2D eigenvalue weighted by Crippen LogP contribution is 2.20. The Kier molecular flexibility index (Phi) is 5.97. The van der Waals surface area contributed by atoms with E-state index in [1.165, 1.54) is 11.1 Å². The predicted molar refractivity (Wildman–Crippen MR) is 97.8 cm³/mol. The van der Waals surface area contributed by atoms with Gasteiger partial charge in [-0.15, -0.1) is 0 Å². The molecule has 0 aromatic heterocycles. The third kappa shape index (κ3) is 4.95. The van der Waals surface area contributed by atoms with Crippen molar-refractivity contribution in [3.05, 3.63) is 65.2 Å². The molecule has 1 atom stereocenters. The van der Waals surface area contributed by atoms with Crippen molar-refractivity contribution in [1.82, 2.24) is 0 Å². The van der Waals surface area contributed by atoms with E-state index in [-0.39, 0.29) is 11.8 Å². The lowest BCUT2D eigenvalue weighted by Crippen LogP contribution is -2.18. The summed E-state index contributed by atoms with van der Waals surface area (Å²) in [5, 5.41) is 3.00. The van der Waals surface area contributed by atoms with E-state index in [0.717, 1.165) is 24.1 Å². The van der Waals surface area contributed by atoms with Gasteiger partial charge >= 0.3 is 0 Å². The van der Waals surface area contributed by atoms with Crippen molar-refractivity contribution in [1.29, 1.82) is 0 Å². The quantitative estimate of drug-likeness (QED) is 0.781. The minimum Gasteiger partial charge on any atom is -0.326 e. The van der Waals surface area contributed by atoms with E-state index in [9.17, 15) is 4.79 Å². The standard InChI is InChI=1S/C21H27NO/c1-5-17-8-12-20(13-9-17)22-21(23)16(4)19-10-6-18(7-11-19)14-15(2)3/h6-13,15-16H,5,14H2,1-4H3,(H,22,23). The summed E-state index contributed by atoms with van der Waals surface area (Å²) in [4.78, 5) is 12.4. The highest BCUT2D eigenvalue weighted by atomic mass is 16.1. The molecule has 2 heteroatoms. The van der Waals surface area contributed by atoms with Crippen LogP contribution in [0.4, 0.5) is 5.69 Å². The van der Waals surface area contributed by atoms with Crippen LogP contribution >= 0.6 is 0 Å². The first-order chi connectivity index (χ1) is 11.0. The number of nitrogens with one attached hydrogen (secondary N) is 1. The number of hydrogen-bond acceptors (Lipinski definition) is 1. The molecule has 0 bridgehead atoms. The molecule has 2 aromatic carbocycles. The molecule has 0 spiro atoms. The van der Waals surface area contributed by atoms with Crippen LogP contribution in [0.5, 0.6) is 0 Å². The summed E-state index contributed by atoms with van der Waals surface area (Å²) in [5.41, 5.74) is 4.51. The Morgan fingerprint density at radius 1 is 0.913 bits per heavy atom. The first-order valence-electron chi connectivity index (χ1n) is 8.48. The molecule has 2 rings (SSSR count). The zero-order chi connectivity index (χ0) is 16.8. The van der Waals surface area contributed by atoms with Gasteiger partial charge in [0, 0.05) is 5.69 Å². The molecule has 0 saturated carbocycles. The van der Waals surface area contributed by atoms with Crippen molar-refractivity contribution >= 4 is 11.6 Å². The van der Waals surface area contributed by atoms with E-state index < -0.39 is 0 Å². The summed E-state index contributed by atoms with van der Waals surface area (Å²) in [7, 11) is 0. The fourth-order valence-corrected chi connectivity index (χ4v) is 2.64. The SMILES string of the molecule is CCc1ccc(NC(=O)C(C)c2ccc(CC(C)C)cc2)cc1. The highest BCUT2D eigenvalue weighted by Gasteiger charge is 2.15. The molecule has 2 aromatic rings. The number of benzene rings is 2. The lowest BCUT2D eigenvalue weighted by atomic mass is 9.96. The number of carbonyl (C=O) groups is 1. The van der Waals surface area contributed by atoms with Gasteiger partial charge in [-0.1, -0.05) is 57.2 Å². The van der Waals surface area contributed by atoms with E-state index in [0.29, 0.717) is 5.92 Å². The van der Waals surface area contributed by atoms with Gasteiger partial charge in [0.05, 0.1) is 5.92 Å². The molecule has 1 amide bonds. The Morgan fingerprint density at radius 2 is 1.48 bits per heavy atom. The van der Waals surface area contributed by atoms with Gasteiger partial charge in [-0.3, -0.25) is 4.79 Å². The maximum absolute atomic E-state index is 12.4. The summed E-state index contributed by atoms with van der Waals surface area (Å²) >= 11 is 0. The van der Waals surface area contributed by atoms with Gasteiger partial charge in [0.15, 0.2) is 0 Å². The van der Waals surface area contributed by atoms with Crippen LogP contribution in [-0.4, -0.2) is 5.91 Å². The van der Waals surface area contributed by atoms with Gasteiger partial charge in [0.1, 0.15) is 0 Å². The van der Waals surface area contributed by atoms with Crippen LogP contribution in [0.1, 0.15) is 50.3 Å². The number of carbonyl (C=O) groups excluding carboxylic acids is 1. The van der Waals surface area contributed by atoms with Crippen molar-refractivity contribution in [2.24, 2.45) is 5.92 Å². The molecule has 0 saturated heterocycles. The van der Waals surface area contributed by atoms with Crippen LogP contribution in [0.15, 0.2) is 48.5 Å². The van der Waals surface area contributed by atoms with Gasteiger partial charge in [0.25, 0.3) is 0 Å². The fraction of sp³-hybridized carbons (Fsp3) is 0.381. The van der Waals surface area contributed by atoms with E-state index in [1.807, 2.05) is 19.1 Å². The summed E-state index contributed by atoms with van der Waals surface area (Å²) in [6.07, 6.45) is 2.08. The molecule has 0 aliphatic carbocycles. The smallest absolute Gasteiger partial charge is 0.231 e. The van der Waals surface area contributed by atoms with Gasteiger partial charge in [0.2, 0.25) is 5.91 Å². The van der Waals surface area contributed by atoms with Crippen LogP contribution in [0.2, 0.25) is 0 Å². The van der Waals surface area contributed by atoms with Crippen LogP contribution < -0.4 is 5.32 Å². The average Bonchev–Trinajstić information content (AvgIpc) is 2.55. The van der Waals surface area contributed by atoms with Crippen LogP contribution in [-0.2, 0) is 17.6 Å². The minimum absolute atomic E-state index is 0.0332. The monoisotopic (exact) mass is 309 g/mol. The van der Waals surface area contributed by atoms with Gasteiger partial charge in [-0.25, -0.2) is 0 Å². The van der Waals surface area contributed by atoms with E-state index >= 15 is 0 Å². The zero-order valence-corrected chi connectivity index (χ0v) is 14.6. The minimum atomic E-state index is -0.158. The molecule has 122 valence electrons. The van der Waals surface area contributed by atoms with Crippen LogP contribution in [0, 0.1) is 5.92 Å². The molecule has 0 radical (unpaired) electrons. The first kappa shape index (κ1) is 17.3. The van der Waals surface area contributed by atoms with Crippen LogP contribution in [0.25, 0.3) is 0 Å². The Bertz CT molecular complexity index is 626. The largest absolute Gasteiger partial charge is 0.326 e. The van der Waals surface area contributed by atoms with Crippen molar-refractivity contribution < 1.29 is 4.79 Å². The lowest BCUT2D eigenvalue weighted by Gasteiger charge is -2.14. The van der Waals surface area contributed by atoms with Crippen LogP contribution in [0.3, 0.4) is 0 Å². The number of amides is 1. The molecule has 0 aliphatic heterocycles. The maximum Gasteiger partial charge on any atom is 0.231 e. The highest BCUT2D eigenvalue weighted by molar-refractivity contribution is 5.95. The average molecular weight is 309 g/mol. The maximum atomic E-state index is 12.4. The summed E-state index contributed by atoms with van der Waals surface area (Å²) in [5.74, 6) is 0.521. The number of anilines is 1. The second-order valence-electron chi connectivity index (χ2n) is 6.60. The second kappa shape index (κ2) is 7.96. The molecule has 23 heavy (non-hydrogen) atoms. The normalized spacial score (nSPS) is 12.2. The molecule has 0 fully saturated rings. The van der Waals surface area contributed by atoms with Crippen molar-refractivity contribution in [2.75, 3.05) is 5.32 Å². The van der Waals surface area contributed by atoms with Gasteiger partial charge < -0.3 is 5.32 Å². The Balaban J connectivity index is 2.00. The Labute approximate surface area is 139 Å². The molecular formula is C21H27NO. The lowest BCUT2D eigenvalue weighted by molar-refractivity contribution is -0.117. The third-order valence-electron chi connectivity index (χ3n) is 4.15. The predicted octanol–water partition coefficient (Wildman–Crippen LogP) is 5.19. The summed E-state index contributed by atoms with van der Waals surface area (Å²) in [6.45, 7) is 8.51. The first-order valence-corrected chi connectivity index (χ1v) is 8.48.